The zero-order chi connectivity index (χ0) is 27.1. The molecule has 3 aromatic rings. The molecular formula is C26H28ClN5O6S. The van der Waals surface area contributed by atoms with Gasteiger partial charge in [-0.05, 0) is 24.4 Å². The Kier molecular flexibility index (Phi) is 6.96. The molecule has 206 valence electrons. The Balaban J connectivity index is 1.28. The Bertz CT molecular complexity index is 1360. The van der Waals surface area contributed by atoms with Gasteiger partial charge in [-0.15, -0.1) is 11.3 Å². The molecule has 1 spiro atoms. The van der Waals surface area contributed by atoms with Crippen LogP contribution in [-0.2, 0) is 14.3 Å². The van der Waals surface area contributed by atoms with Gasteiger partial charge in [-0.3, -0.25) is 0 Å². The van der Waals surface area contributed by atoms with Gasteiger partial charge in [-0.25, -0.2) is 9.78 Å². The molecule has 0 radical (unpaired) electrons. The van der Waals surface area contributed by atoms with Gasteiger partial charge in [0.05, 0.1) is 55.1 Å². The first-order valence-electron chi connectivity index (χ1n) is 12.6. The minimum Gasteiger partial charge on any atom is -0.480 e. The molecule has 0 saturated carbocycles. The summed E-state index contributed by atoms with van der Waals surface area (Å²) in [6.45, 7) is 4.63. The monoisotopic (exact) mass is 573 g/mol. The SMILES string of the molecule is COc1nc(-c2cccs2)cc(N2C[C@@H](Oc3ncc(Cl)cc3N3CCOC4(COC4)[C@@H]3C)C[C@H]2C(=O)O)n1. The molecule has 3 aromatic heterocycles. The van der Waals surface area contributed by atoms with Crippen molar-refractivity contribution in [2.24, 2.45) is 0 Å². The Labute approximate surface area is 234 Å². The molecule has 6 heterocycles. The van der Waals surface area contributed by atoms with E-state index in [1.54, 1.807) is 11.0 Å². The number of nitrogens with zero attached hydrogens (tertiary/aromatic N) is 5. The van der Waals surface area contributed by atoms with E-state index in [2.05, 4.69) is 26.8 Å². The second kappa shape index (κ2) is 10.4. The van der Waals surface area contributed by atoms with Crippen LogP contribution in [-0.4, -0.2) is 89.8 Å². The third kappa shape index (κ3) is 4.86. The van der Waals surface area contributed by atoms with E-state index < -0.39 is 18.1 Å². The number of thiophene rings is 1. The molecule has 39 heavy (non-hydrogen) atoms. The minimum absolute atomic E-state index is 0.0126. The van der Waals surface area contributed by atoms with E-state index in [0.29, 0.717) is 55.3 Å². The van der Waals surface area contributed by atoms with Crippen LogP contribution in [0.25, 0.3) is 10.6 Å². The Morgan fingerprint density at radius 3 is 2.82 bits per heavy atom. The maximum atomic E-state index is 12.3. The van der Waals surface area contributed by atoms with Crippen molar-refractivity contribution in [3.05, 3.63) is 40.9 Å². The molecule has 0 unspecified atom stereocenters. The molecule has 0 aromatic carbocycles. The normalized spacial score (nSPS) is 24.0. The number of hydrogen-bond donors (Lipinski definition) is 1. The van der Waals surface area contributed by atoms with E-state index in [1.807, 2.05) is 23.6 Å². The highest BCUT2D eigenvalue weighted by molar-refractivity contribution is 7.13. The van der Waals surface area contributed by atoms with Crippen molar-refractivity contribution in [1.82, 2.24) is 15.0 Å². The number of pyridine rings is 1. The van der Waals surface area contributed by atoms with Crippen LogP contribution in [0.2, 0.25) is 5.02 Å². The molecule has 3 aliphatic heterocycles. The van der Waals surface area contributed by atoms with Crippen molar-refractivity contribution >= 4 is 40.4 Å². The molecule has 3 aliphatic rings. The molecule has 11 nitrogen and oxygen atoms in total. The summed E-state index contributed by atoms with van der Waals surface area (Å²) in [7, 11) is 1.49. The lowest BCUT2D eigenvalue weighted by Crippen LogP contribution is -2.68. The number of ether oxygens (including phenoxy) is 4. The zero-order valence-electron chi connectivity index (χ0n) is 21.4. The van der Waals surface area contributed by atoms with Crippen LogP contribution in [0.4, 0.5) is 11.5 Å². The third-order valence-corrected chi connectivity index (χ3v) is 8.62. The number of carbonyl (C=O) groups is 1. The number of rotatable bonds is 7. The third-order valence-electron chi connectivity index (χ3n) is 7.52. The number of aromatic nitrogens is 3. The van der Waals surface area contributed by atoms with Crippen LogP contribution in [0.5, 0.6) is 11.9 Å². The summed E-state index contributed by atoms with van der Waals surface area (Å²) >= 11 is 7.89. The number of aliphatic carboxylic acids is 1. The predicted molar refractivity (Wildman–Crippen MR) is 145 cm³/mol. The van der Waals surface area contributed by atoms with E-state index in [0.717, 1.165) is 10.6 Å². The van der Waals surface area contributed by atoms with Crippen LogP contribution < -0.4 is 19.3 Å². The van der Waals surface area contributed by atoms with Crippen molar-refractivity contribution in [3.8, 4) is 22.5 Å². The summed E-state index contributed by atoms with van der Waals surface area (Å²) in [6.07, 6.45) is 1.33. The largest absolute Gasteiger partial charge is 0.480 e. The van der Waals surface area contributed by atoms with Gasteiger partial charge >= 0.3 is 12.0 Å². The van der Waals surface area contributed by atoms with Gasteiger partial charge in [0.15, 0.2) is 0 Å². The Hall–Kier alpha value is -3.19. The average Bonchev–Trinajstić information content (AvgIpc) is 3.60. The molecule has 3 atom stereocenters. The molecule has 13 heteroatoms. The summed E-state index contributed by atoms with van der Waals surface area (Å²) in [5.74, 6) is -0.102. The summed E-state index contributed by atoms with van der Waals surface area (Å²) in [5.41, 5.74) is 1.04. The number of morpholine rings is 1. The maximum absolute atomic E-state index is 12.3. The molecule has 3 fully saturated rings. The van der Waals surface area contributed by atoms with Crippen molar-refractivity contribution < 1.29 is 28.8 Å². The molecule has 1 N–H and O–H groups in total. The fourth-order valence-corrected chi connectivity index (χ4v) is 6.18. The minimum atomic E-state index is -0.964. The smallest absolute Gasteiger partial charge is 0.326 e. The van der Waals surface area contributed by atoms with Crippen molar-refractivity contribution in [2.45, 2.75) is 37.1 Å². The topological polar surface area (TPSA) is 119 Å². The molecule has 0 amide bonds. The van der Waals surface area contributed by atoms with E-state index in [4.69, 9.17) is 30.5 Å². The second-order valence-corrected chi connectivity index (χ2v) is 11.2. The number of halogens is 1. The Morgan fingerprint density at radius 1 is 1.28 bits per heavy atom. The lowest BCUT2D eigenvalue weighted by molar-refractivity contribution is -0.228. The highest BCUT2D eigenvalue weighted by Gasteiger charge is 2.50. The maximum Gasteiger partial charge on any atom is 0.326 e. The average molecular weight is 574 g/mol. The van der Waals surface area contributed by atoms with E-state index in [-0.39, 0.29) is 24.1 Å². The number of anilines is 2. The van der Waals surface area contributed by atoms with Crippen molar-refractivity contribution in [1.29, 1.82) is 0 Å². The van der Waals surface area contributed by atoms with Gasteiger partial charge in [-0.1, -0.05) is 17.7 Å². The summed E-state index contributed by atoms with van der Waals surface area (Å²) in [6, 6.07) is 6.83. The van der Waals surface area contributed by atoms with Gasteiger partial charge in [0.25, 0.3) is 0 Å². The van der Waals surface area contributed by atoms with Crippen LogP contribution in [0.3, 0.4) is 0 Å². The van der Waals surface area contributed by atoms with Gasteiger partial charge in [0, 0.05) is 25.2 Å². The highest BCUT2D eigenvalue weighted by atomic mass is 35.5. The fourth-order valence-electron chi connectivity index (χ4n) is 5.34. The standard InChI is InChI=1S/C26H28ClN5O6S/c1-15-26(13-36-14-26)37-6-5-31(15)19-8-16(27)11-28-23(19)38-17-9-20(24(33)34)32(12-17)22-10-18(21-4-3-7-39-21)29-25(30-22)35-2/h3-4,7-8,10-11,15,17,20H,5-6,9,12-14H2,1-2H3,(H,33,34)/t15-,17-,20-/m0/s1. The molecular weight excluding hydrogens is 546 g/mol. The lowest BCUT2D eigenvalue weighted by atomic mass is 9.90. The zero-order valence-corrected chi connectivity index (χ0v) is 23.0. The second-order valence-electron chi connectivity index (χ2n) is 9.81. The Morgan fingerprint density at radius 2 is 2.13 bits per heavy atom. The van der Waals surface area contributed by atoms with Gasteiger partial charge in [0.1, 0.15) is 29.3 Å². The van der Waals surface area contributed by atoms with Crippen molar-refractivity contribution in [3.63, 3.8) is 0 Å². The van der Waals surface area contributed by atoms with Gasteiger partial charge in [-0.2, -0.15) is 9.97 Å². The molecule has 3 saturated heterocycles. The van der Waals surface area contributed by atoms with Crippen LogP contribution in [0, 0.1) is 0 Å². The number of carboxylic acids is 1. The quantitative estimate of drug-likeness (QED) is 0.448. The van der Waals surface area contributed by atoms with Crippen LogP contribution in [0.1, 0.15) is 13.3 Å². The number of hydrogen-bond acceptors (Lipinski definition) is 11. The first-order valence-corrected chi connectivity index (χ1v) is 13.9. The summed E-state index contributed by atoms with van der Waals surface area (Å²) < 4.78 is 23.3. The highest BCUT2D eigenvalue weighted by Crippen LogP contribution is 2.40. The number of methoxy groups -OCH3 is 1. The fraction of sp³-hybridized carbons (Fsp3) is 0.462. The van der Waals surface area contributed by atoms with E-state index in [1.165, 1.54) is 24.6 Å². The molecule has 0 aliphatic carbocycles. The van der Waals surface area contributed by atoms with Crippen LogP contribution >= 0.6 is 22.9 Å². The van der Waals surface area contributed by atoms with Crippen molar-refractivity contribution in [2.75, 3.05) is 49.8 Å². The number of carboxylic acid groups (broad SMARTS) is 1. The molecule has 6 rings (SSSR count). The van der Waals surface area contributed by atoms with Gasteiger partial charge in [0.2, 0.25) is 5.88 Å². The predicted octanol–water partition coefficient (Wildman–Crippen LogP) is 3.37. The van der Waals surface area contributed by atoms with Crippen LogP contribution in [0.15, 0.2) is 35.8 Å². The first kappa shape index (κ1) is 26.1. The summed E-state index contributed by atoms with van der Waals surface area (Å²) in [4.78, 5) is 30.6. The molecule has 0 bridgehead atoms. The lowest BCUT2D eigenvalue weighted by Gasteiger charge is -2.53. The van der Waals surface area contributed by atoms with Gasteiger partial charge < -0.3 is 33.9 Å². The van der Waals surface area contributed by atoms with E-state index >= 15 is 0 Å². The van der Waals surface area contributed by atoms with E-state index in [9.17, 15) is 9.90 Å². The first-order chi connectivity index (χ1) is 18.9. The summed E-state index contributed by atoms with van der Waals surface area (Å²) in [5, 5.41) is 12.5.